The standard InChI is InChI=1S/C19H25N3O4/c1-23-13-9-21-19(20-8-7-16-4-2-10-24-16)22-15-5-6-17-18(14-15)26-12-3-11-25-17/h2,4-6,10,14H,3,7-9,11-13H2,1H3,(H2,20,21,22). The zero-order valence-electron chi connectivity index (χ0n) is 15.0. The highest BCUT2D eigenvalue weighted by Crippen LogP contribution is 2.32. The van der Waals surface area contributed by atoms with Crippen molar-refractivity contribution in [3.8, 4) is 11.5 Å². The molecule has 140 valence electrons. The summed E-state index contributed by atoms with van der Waals surface area (Å²) in [5, 5.41) is 6.61. The van der Waals surface area contributed by atoms with Gasteiger partial charge in [-0.1, -0.05) is 0 Å². The Morgan fingerprint density at radius 3 is 2.88 bits per heavy atom. The van der Waals surface area contributed by atoms with Crippen LogP contribution in [0.1, 0.15) is 12.2 Å². The molecule has 0 atom stereocenters. The molecule has 0 saturated carbocycles. The number of nitrogens with one attached hydrogen (secondary N) is 2. The second kappa shape index (κ2) is 9.72. The van der Waals surface area contributed by atoms with Gasteiger partial charge in [-0.05, 0) is 24.3 Å². The van der Waals surface area contributed by atoms with Crippen LogP contribution in [0, 0.1) is 0 Å². The first-order valence-electron chi connectivity index (χ1n) is 8.81. The number of ether oxygens (including phenoxy) is 3. The molecule has 0 spiro atoms. The fourth-order valence-electron chi connectivity index (χ4n) is 2.53. The summed E-state index contributed by atoms with van der Waals surface area (Å²) in [5.74, 6) is 3.14. The summed E-state index contributed by atoms with van der Waals surface area (Å²) in [6, 6.07) is 9.65. The lowest BCUT2D eigenvalue weighted by atomic mass is 10.2. The highest BCUT2D eigenvalue weighted by Gasteiger charge is 2.11. The van der Waals surface area contributed by atoms with Crippen molar-refractivity contribution in [2.45, 2.75) is 12.8 Å². The van der Waals surface area contributed by atoms with Crippen LogP contribution in [0.2, 0.25) is 0 Å². The number of nitrogens with zero attached hydrogens (tertiary/aromatic N) is 1. The first-order valence-corrected chi connectivity index (χ1v) is 8.81. The van der Waals surface area contributed by atoms with E-state index in [0.29, 0.717) is 38.9 Å². The molecule has 2 aromatic rings. The van der Waals surface area contributed by atoms with Crippen molar-refractivity contribution in [3.63, 3.8) is 0 Å². The molecule has 7 heteroatoms. The number of hydrogen-bond acceptors (Lipinski definition) is 5. The van der Waals surface area contributed by atoms with Crippen molar-refractivity contribution in [1.29, 1.82) is 0 Å². The van der Waals surface area contributed by atoms with Gasteiger partial charge >= 0.3 is 0 Å². The van der Waals surface area contributed by atoms with E-state index >= 15 is 0 Å². The van der Waals surface area contributed by atoms with Crippen LogP contribution in [-0.4, -0.2) is 46.0 Å². The van der Waals surface area contributed by atoms with Crippen molar-refractivity contribution in [1.82, 2.24) is 5.32 Å². The van der Waals surface area contributed by atoms with E-state index in [1.54, 1.807) is 13.4 Å². The quantitative estimate of drug-likeness (QED) is 0.450. The van der Waals surface area contributed by atoms with E-state index in [0.717, 1.165) is 35.8 Å². The molecule has 2 N–H and O–H groups in total. The smallest absolute Gasteiger partial charge is 0.195 e. The number of guanidine groups is 1. The van der Waals surface area contributed by atoms with Gasteiger partial charge in [-0.15, -0.1) is 0 Å². The highest BCUT2D eigenvalue weighted by molar-refractivity contribution is 5.94. The molecule has 3 rings (SSSR count). The maximum atomic E-state index is 5.74. The minimum atomic E-state index is 0.562. The lowest BCUT2D eigenvalue weighted by molar-refractivity contribution is 0.208. The lowest BCUT2D eigenvalue weighted by Gasteiger charge is -2.14. The second-order valence-corrected chi connectivity index (χ2v) is 5.82. The monoisotopic (exact) mass is 359 g/mol. The molecule has 0 unspecified atom stereocenters. The number of furan rings is 1. The molecule has 1 aliphatic heterocycles. The van der Waals surface area contributed by atoms with Crippen LogP contribution >= 0.6 is 0 Å². The third-order valence-corrected chi connectivity index (χ3v) is 3.82. The Morgan fingerprint density at radius 1 is 1.19 bits per heavy atom. The van der Waals surface area contributed by atoms with E-state index in [4.69, 9.17) is 18.6 Å². The summed E-state index contributed by atoms with van der Waals surface area (Å²) in [6.45, 7) is 3.17. The molecule has 0 fully saturated rings. The number of aliphatic imine (C=N–C) groups is 1. The van der Waals surface area contributed by atoms with Gasteiger partial charge in [-0.2, -0.15) is 0 Å². The third kappa shape index (κ3) is 5.42. The Hall–Kier alpha value is -2.67. The van der Waals surface area contributed by atoms with Crippen LogP contribution in [0.25, 0.3) is 0 Å². The first-order chi connectivity index (χ1) is 12.8. The maximum Gasteiger partial charge on any atom is 0.195 e. The van der Waals surface area contributed by atoms with E-state index in [2.05, 4.69) is 15.6 Å². The van der Waals surface area contributed by atoms with Gasteiger partial charge in [0.05, 0.1) is 32.6 Å². The van der Waals surface area contributed by atoms with Gasteiger partial charge in [0.25, 0.3) is 0 Å². The molecule has 1 aliphatic rings. The van der Waals surface area contributed by atoms with Gasteiger partial charge in [-0.3, -0.25) is 4.99 Å². The molecule has 2 heterocycles. The minimum Gasteiger partial charge on any atom is -0.490 e. The lowest BCUT2D eigenvalue weighted by Crippen LogP contribution is -2.32. The Bertz CT molecular complexity index is 701. The molecular formula is C19H25N3O4. The van der Waals surface area contributed by atoms with E-state index in [1.165, 1.54) is 0 Å². The molecule has 0 amide bonds. The van der Waals surface area contributed by atoms with Crippen LogP contribution in [0.3, 0.4) is 0 Å². The summed E-state index contributed by atoms with van der Waals surface area (Å²) < 4.78 is 21.8. The molecule has 0 bridgehead atoms. The topological polar surface area (TPSA) is 77.2 Å². The summed E-state index contributed by atoms with van der Waals surface area (Å²) in [7, 11) is 1.66. The van der Waals surface area contributed by atoms with E-state index in [-0.39, 0.29) is 0 Å². The number of fused-ring (bicyclic) bond motifs is 1. The molecule has 1 aromatic carbocycles. The predicted molar refractivity (Wildman–Crippen MR) is 100 cm³/mol. The molecule has 0 saturated heterocycles. The molecular weight excluding hydrogens is 334 g/mol. The van der Waals surface area contributed by atoms with Crippen LogP contribution in [0.5, 0.6) is 11.5 Å². The molecule has 7 nitrogen and oxygen atoms in total. The normalized spacial score (nSPS) is 14.0. The van der Waals surface area contributed by atoms with Gasteiger partial charge in [-0.25, -0.2) is 0 Å². The number of benzene rings is 1. The van der Waals surface area contributed by atoms with Gasteiger partial charge in [0.15, 0.2) is 17.5 Å². The van der Waals surface area contributed by atoms with Gasteiger partial charge < -0.3 is 29.3 Å². The Kier molecular flexibility index (Phi) is 6.78. The summed E-state index contributed by atoms with van der Waals surface area (Å²) in [4.78, 5) is 4.52. The van der Waals surface area contributed by atoms with E-state index < -0.39 is 0 Å². The van der Waals surface area contributed by atoms with Crippen LogP contribution in [0.15, 0.2) is 46.0 Å². The van der Waals surface area contributed by atoms with Crippen LogP contribution < -0.4 is 20.1 Å². The predicted octanol–water partition coefficient (Wildman–Crippen LogP) is 2.69. The molecule has 1 aromatic heterocycles. The largest absolute Gasteiger partial charge is 0.490 e. The van der Waals surface area contributed by atoms with Crippen molar-refractivity contribution < 1.29 is 18.6 Å². The Balaban J connectivity index is 1.62. The van der Waals surface area contributed by atoms with Crippen LogP contribution in [0.4, 0.5) is 5.69 Å². The SMILES string of the molecule is COCCN=C(NCCc1ccco1)Nc1ccc2c(c1)OCCCO2. The zero-order chi connectivity index (χ0) is 18.0. The van der Waals surface area contributed by atoms with E-state index in [9.17, 15) is 0 Å². The Morgan fingerprint density at radius 2 is 2.08 bits per heavy atom. The summed E-state index contributed by atoms with van der Waals surface area (Å²) >= 11 is 0. The van der Waals surface area contributed by atoms with Gasteiger partial charge in [0, 0.05) is 38.2 Å². The number of hydrogen-bond donors (Lipinski definition) is 2. The maximum absolute atomic E-state index is 5.74. The number of rotatable bonds is 7. The third-order valence-electron chi connectivity index (χ3n) is 3.82. The van der Waals surface area contributed by atoms with E-state index in [1.807, 2.05) is 30.3 Å². The molecule has 0 radical (unpaired) electrons. The van der Waals surface area contributed by atoms with Crippen LogP contribution in [-0.2, 0) is 11.2 Å². The number of anilines is 1. The van der Waals surface area contributed by atoms with Gasteiger partial charge in [0.1, 0.15) is 5.76 Å². The average Bonchev–Trinajstić information content (AvgIpc) is 3.05. The van der Waals surface area contributed by atoms with Crippen molar-refractivity contribution in [3.05, 3.63) is 42.4 Å². The first kappa shape index (κ1) is 18.1. The van der Waals surface area contributed by atoms with Crippen molar-refractivity contribution >= 4 is 11.6 Å². The highest BCUT2D eigenvalue weighted by atomic mass is 16.5. The van der Waals surface area contributed by atoms with Gasteiger partial charge in [0.2, 0.25) is 0 Å². The number of methoxy groups -OCH3 is 1. The zero-order valence-corrected chi connectivity index (χ0v) is 15.0. The fourth-order valence-corrected chi connectivity index (χ4v) is 2.53. The molecule has 26 heavy (non-hydrogen) atoms. The van der Waals surface area contributed by atoms with Crippen molar-refractivity contribution in [2.75, 3.05) is 45.3 Å². The fraction of sp³-hybridized carbons (Fsp3) is 0.421. The average molecular weight is 359 g/mol. The summed E-state index contributed by atoms with van der Waals surface area (Å²) in [6.07, 6.45) is 3.34. The molecule has 0 aliphatic carbocycles. The summed E-state index contributed by atoms with van der Waals surface area (Å²) in [5.41, 5.74) is 0.885. The Labute approximate surface area is 153 Å². The second-order valence-electron chi connectivity index (χ2n) is 5.82. The minimum absolute atomic E-state index is 0.562. The van der Waals surface area contributed by atoms with Crippen molar-refractivity contribution in [2.24, 2.45) is 4.99 Å².